The van der Waals surface area contributed by atoms with Crippen molar-refractivity contribution in [2.75, 3.05) is 6.61 Å². The van der Waals surface area contributed by atoms with Crippen molar-refractivity contribution in [3.63, 3.8) is 0 Å². The summed E-state index contributed by atoms with van der Waals surface area (Å²) < 4.78 is 0. The molecule has 0 aromatic carbocycles. The monoisotopic (exact) mass is 236 g/mol. The SMILES string of the molecule is C[C@@](O)(CCO)CC(=O)O.NC(=O)C(N)=O. The van der Waals surface area contributed by atoms with Crippen molar-refractivity contribution < 1.29 is 29.7 Å². The molecule has 0 unspecified atom stereocenters. The lowest BCUT2D eigenvalue weighted by atomic mass is 9.99. The molecule has 0 saturated heterocycles. The molecule has 0 saturated carbocycles. The van der Waals surface area contributed by atoms with Gasteiger partial charge < -0.3 is 26.8 Å². The van der Waals surface area contributed by atoms with Crippen LogP contribution < -0.4 is 11.5 Å². The average molecular weight is 236 g/mol. The molecule has 0 aromatic heterocycles. The largest absolute Gasteiger partial charge is 0.481 e. The second-order valence-electron chi connectivity index (χ2n) is 3.27. The molecule has 0 aliphatic carbocycles. The molecule has 0 aliphatic rings. The number of carbonyl (C=O) groups excluding carboxylic acids is 2. The Kier molecular flexibility index (Phi) is 7.96. The molecule has 2 amide bonds. The topological polar surface area (TPSA) is 164 Å². The molecule has 8 nitrogen and oxygen atoms in total. The standard InChI is InChI=1S/C6H12O4.C2H4N2O2/c1-6(10,2-3-7)4-5(8)9;3-1(5)2(4)6/h7,10H,2-4H2,1H3,(H,8,9);(H2,3,5)(H2,4,6)/t6-;/m1./s1. The summed E-state index contributed by atoms with van der Waals surface area (Å²) in [7, 11) is 0. The van der Waals surface area contributed by atoms with Crippen molar-refractivity contribution >= 4 is 17.8 Å². The van der Waals surface area contributed by atoms with Crippen LogP contribution in [0.15, 0.2) is 0 Å². The number of carbonyl (C=O) groups is 3. The van der Waals surface area contributed by atoms with Crippen LogP contribution in [0, 0.1) is 0 Å². The third-order valence-electron chi connectivity index (χ3n) is 1.43. The number of carboxylic acid groups (broad SMARTS) is 1. The van der Waals surface area contributed by atoms with Gasteiger partial charge in [-0.2, -0.15) is 0 Å². The van der Waals surface area contributed by atoms with Gasteiger partial charge in [0.05, 0.1) is 12.0 Å². The fourth-order valence-corrected chi connectivity index (χ4v) is 0.655. The number of nitrogens with two attached hydrogens (primary N) is 2. The zero-order valence-corrected chi connectivity index (χ0v) is 8.84. The Morgan fingerprint density at radius 3 is 1.75 bits per heavy atom. The molecule has 7 N–H and O–H groups in total. The first-order valence-corrected chi connectivity index (χ1v) is 4.26. The fourth-order valence-electron chi connectivity index (χ4n) is 0.655. The zero-order chi connectivity index (χ0) is 13.4. The summed E-state index contributed by atoms with van der Waals surface area (Å²) in [6.07, 6.45) is -0.229. The molecular weight excluding hydrogens is 220 g/mol. The maximum absolute atomic E-state index is 10.0. The number of hydrogen-bond donors (Lipinski definition) is 5. The molecule has 0 aliphatic heterocycles. The Labute approximate surface area is 91.8 Å². The number of carboxylic acids is 1. The van der Waals surface area contributed by atoms with E-state index in [9.17, 15) is 14.4 Å². The Balaban J connectivity index is 0. The minimum atomic E-state index is -1.28. The first-order chi connectivity index (χ1) is 7.12. The van der Waals surface area contributed by atoms with E-state index in [1.807, 2.05) is 0 Å². The van der Waals surface area contributed by atoms with Crippen LogP contribution in [0.5, 0.6) is 0 Å². The molecular formula is C8H16N2O6. The van der Waals surface area contributed by atoms with Gasteiger partial charge >= 0.3 is 17.8 Å². The molecule has 0 aromatic rings. The second-order valence-corrected chi connectivity index (χ2v) is 3.27. The predicted molar refractivity (Wildman–Crippen MR) is 53.0 cm³/mol. The van der Waals surface area contributed by atoms with Gasteiger partial charge in [0.2, 0.25) is 0 Å². The van der Waals surface area contributed by atoms with Crippen molar-refractivity contribution in [1.82, 2.24) is 0 Å². The minimum absolute atomic E-state index is 0.0965. The lowest BCUT2D eigenvalue weighted by molar-refractivity contribution is -0.142. The highest BCUT2D eigenvalue weighted by atomic mass is 16.4. The van der Waals surface area contributed by atoms with Crippen molar-refractivity contribution in [2.45, 2.75) is 25.4 Å². The van der Waals surface area contributed by atoms with E-state index in [1.54, 1.807) is 0 Å². The Hall–Kier alpha value is -1.67. The van der Waals surface area contributed by atoms with Crippen LogP contribution in [0.3, 0.4) is 0 Å². The Bertz CT molecular complexity index is 251. The highest BCUT2D eigenvalue weighted by Gasteiger charge is 2.22. The number of aliphatic hydroxyl groups is 2. The van der Waals surface area contributed by atoms with Gasteiger partial charge in [-0.15, -0.1) is 0 Å². The normalized spacial score (nSPS) is 12.9. The fraction of sp³-hybridized carbons (Fsp3) is 0.625. The molecule has 0 bridgehead atoms. The van der Waals surface area contributed by atoms with Gasteiger partial charge in [-0.3, -0.25) is 14.4 Å². The van der Waals surface area contributed by atoms with E-state index in [4.69, 9.17) is 15.3 Å². The number of aliphatic carboxylic acids is 1. The van der Waals surface area contributed by atoms with Gasteiger partial charge in [-0.05, 0) is 13.3 Å². The van der Waals surface area contributed by atoms with E-state index in [0.717, 1.165) is 0 Å². The highest BCUT2D eigenvalue weighted by Crippen LogP contribution is 2.12. The van der Waals surface area contributed by atoms with Gasteiger partial charge in [0.1, 0.15) is 0 Å². The molecule has 16 heavy (non-hydrogen) atoms. The summed E-state index contributed by atoms with van der Waals surface area (Å²) >= 11 is 0. The van der Waals surface area contributed by atoms with E-state index >= 15 is 0 Å². The summed E-state index contributed by atoms with van der Waals surface area (Å²) in [6, 6.07) is 0. The molecule has 0 radical (unpaired) electrons. The number of hydrogen-bond acceptors (Lipinski definition) is 5. The smallest absolute Gasteiger partial charge is 0.306 e. The van der Waals surface area contributed by atoms with E-state index < -0.39 is 23.4 Å². The maximum Gasteiger partial charge on any atom is 0.306 e. The average Bonchev–Trinajstić information content (AvgIpc) is 2.01. The summed E-state index contributed by atoms with van der Waals surface area (Å²) in [6.45, 7) is 1.19. The molecule has 0 fully saturated rings. The van der Waals surface area contributed by atoms with Crippen molar-refractivity contribution in [2.24, 2.45) is 11.5 Å². The van der Waals surface area contributed by atoms with Crippen molar-refractivity contribution in [1.29, 1.82) is 0 Å². The first kappa shape index (κ1) is 16.7. The van der Waals surface area contributed by atoms with E-state index in [1.165, 1.54) is 6.92 Å². The predicted octanol–water partition coefficient (Wildman–Crippen LogP) is -2.45. The third-order valence-corrected chi connectivity index (χ3v) is 1.43. The lowest BCUT2D eigenvalue weighted by Crippen LogP contribution is -2.29. The van der Waals surface area contributed by atoms with Gasteiger partial charge in [0, 0.05) is 6.61 Å². The molecule has 1 atom stereocenters. The Morgan fingerprint density at radius 2 is 1.56 bits per heavy atom. The van der Waals surface area contributed by atoms with Crippen molar-refractivity contribution in [3.8, 4) is 0 Å². The summed E-state index contributed by atoms with van der Waals surface area (Å²) in [5, 5.41) is 25.7. The summed E-state index contributed by atoms with van der Waals surface area (Å²) in [5.41, 5.74) is 7.37. The second kappa shape index (κ2) is 7.60. The van der Waals surface area contributed by atoms with Crippen LogP contribution in [0.25, 0.3) is 0 Å². The van der Waals surface area contributed by atoms with E-state index in [2.05, 4.69) is 11.5 Å². The van der Waals surface area contributed by atoms with Gasteiger partial charge in [-0.25, -0.2) is 0 Å². The van der Waals surface area contributed by atoms with Crippen LogP contribution in [-0.2, 0) is 14.4 Å². The molecule has 0 rings (SSSR count). The van der Waals surface area contributed by atoms with E-state index in [0.29, 0.717) is 0 Å². The first-order valence-electron chi connectivity index (χ1n) is 4.26. The molecule has 8 heteroatoms. The highest BCUT2D eigenvalue weighted by molar-refractivity contribution is 6.33. The summed E-state index contributed by atoms with van der Waals surface area (Å²) in [4.78, 5) is 28.9. The van der Waals surface area contributed by atoms with Crippen LogP contribution in [-0.4, -0.2) is 45.3 Å². The van der Waals surface area contributed by atoms with Gasteiger partial charge in [0.15, 0.2) is 0 Å². The van der Waals surface area contributed by atoms with Crippen molar-refractivity contribution in [3.05, 3.63) is 0 Å². The summed E-state index contributed by atoms with van der Waals surface area (Å²) in [5.74, 6) is -3.26. The van der Waals surface area contributed by atoms with Crippen LogP contribution in [0.1, 0.15) is 19.8 Å². The minimum Gasteiger partial charge on any atom is -0.481 e. The number of amides is 2. The number of primary amides is 2. The number of rotatable bonds is 4. The lowest BCUT2D eigenvalue weighted by Gasteiger charge is -2.18. The number of aliphatic hydroxyl groups excluding tert-OH is 1. The van der Waals surface area contributed by atoms with Gasteiger partial charge in [-0.1, -0.05) is 0 Å². The van der Waals surface area contributed by atoms with Crippen LogP contribution in [0.4, 0.5) is 0 Å². The van der Waals surface area contributed by atoms with Crippen LogP contribution >= 0.6 is 0 Å². The zero-order valence-electron chi connectivity index (χ0n) is 8.84. The molecule has 0 heterocycles. The molecule has 0 spiro atoms. The Morgan fingerprint density at radius 1 is 1.19 bits per heavy atom. The van der Waals surface area contributed by atoms with Gasteiger partial charge in [0.25, 0.3) is 0 Å². The maximum atomic E-state index is 10.0. The van der Waals surface area contributed by atoms with Crippen LogP contribution in [0.2, 0.25) is 0 Å². The quantitative estimate of drug-likeness (QED) is 0.340. The third kappa shape index (κ3) is 12.3. The van der Waals surface area contributed by atoms with E-state index in [-0.39, 0.29) is 19.4 Å². The molecule has 94 valence electrons.